The quantitative estimate of drug-likeness (QED) is 0.331. The molecule has 6 heteroatoms. The fourth-order valence-corrected chi connectivity index (χ4v) is 2.35. The molecule has 5 nitrogen and oxygen atoms in total. The number of para-hydroxylation sites is 1. The lowest BCUT2D eigenvalue weighted by Crippen LogP contribution is -2.34. The Balaban J connectivity index is 1.88. The summed E-state index contributed by atoms with van der Waals surface area (Å²) in [6.07, 6.45) is 3.01. The van der Waals surface area contributed by atoms with Gasteiger partial charge >= 0.3 is 0 Å². The van der Waals surface area contributed by atoms with E-state index in [4.69, 9.17) is 12.2 Å². The third-order valence-electron chi connectivity index (χ3n) is 3.37. The second kappa shape index (κ2) is 7.91. The van der Waals surface area contributed by atoms with Gasteiger partial charge < -0.3 is 15.2 Å². The van der Waals surface area contributed by atoms with Crippen molar-refractivity contribution in [3.8, 4) is 0 Å². The molecule has 0 fully saturated rings. The minimum atomic E-state index is 0.554. The number of fused-ring (bicyclic) bond motifs is 1. The van der Waals surface area contributed by atoms with Gasteiger partial charge in [-0.1, -0.05) is 18.2 Å². The van der Waals surface area contributed by atoms with Crippen LogP contribution < -0.4 is 10.7 Å². The molecule has 118 valence electrons. The monoisotopic (exact) mass is 317 g/mol. The molecule has 0 spiro atoms. The van der Waals surface area contributed by atoms with Crippen LogP contribution in [0.3, 0.4) is 0 Å². The molecule has 0 saturated heterocycles. The number of hydrazone groups is 1. The van der Waals surface area contributed by atoms with Crippen LogP contribution in [0, 0.1) is 0 Å². The molecular weight excluding hydrogens is 294 g/mol. The highest BCUT2D eigenvalue weighted by Gasteiger charge is 2.05. The van der Waals surface area contributed by atoms with E-state index in [1.54, 1.807) is 0 Å². The second-order valence-electron chi connectivity index (χ2n) is 5.47. The van der Waals surface area contributed by atoms with Crippen LogP contribution in [-0.4, -0.2) is 47.9 Å². The first-order valence-electron chi connectivity index (χ1n) is 7.37. The van der Waals surface area contributed by atoms with Gasteiger partial charge in [0.15, 0.2) is 5.11 Å². The van der Waals surface area contributed by atoms with Gasteiger partial charge in [0.05, 0.1) is 5.71 Å². The average Bonchev–Trinajstić information content (AvgIpc) is 2.93. The molecule has 2 aromatic rings. The third-order valence-corrected chi connectivity index (χ3v) is 3.61. The maximum atomic E-state index is 5.23. The predicted molar refractivity (Wildman–Crippen MR) is 97.4 cm³/mol. The number of thiocarbonyl (C=S) groups is 1. The molecule has 0 radical (unpaired) electrons. The van der Waals surface area contributed by atoms with E-state index in [2.05, 4.69) is 52.0 Å². The fraction of sp³-hybridized carbons (Fsp3) is 0.375. The smallest absolute Gasteiger partial charge is 0.186 e. The van der Waals surface area contributed by atoms with E-state index >= 15 is 0 Å². The lowest BCUT2D eigenvalue weighted by molar-refractivity contribution is 0.400. The molecule has 0 amide bonds. The lowest BCUT2D eigenvalue weighted by atomic mass is 10.1. The van der Waals surface area contributed by atoms with Crippen LogP contribution in [0.1, 0.15) is 18.9 Å². The Hall–Kier alpha value is -1.92. The zero-order valence-corrected chi connectivity index (χ0v) is 14.1. The van der Waals surface area contributed by atoms with Crippen LogP contribution in [0.4, 0.5) is 0 Å². The standard InChI is InChI=1S/C16H23N5S/c1-12(14-11-18-15-8-5-4-7-13(14)15)19-20-16(22)17-9-6-10-21(2)3/h4-5,7-8,11,18H,6,9-10H2,1-3H3,(H2,17,20,22)/b19-12+. The van der Waals surface area contributed by atoms with Crippen molar-refractivity contribution in [2.75, 3.05) is 27.2 Å². The Labute approximate surface area is 136 Å². The molecule has 0 aliphatic carbocycles. The van der Waals surface area contributed by atoms with Gasteiger partial charge in [0, 0.05) is 29.2 Å². The lowest BCUT2D eigenvalue weighted by Gasteiger charge is -2.11. The van der Waals surface area contributed by atoms with Gasteiger partial charge in [-0.25, -0.2) is 0 Å². The first kappa shape index (κ1) is 16.5. The molecule has 1 heterocycles. The molecule has 2 rings (SSSR count). The maximum absolute atomic E-state index is 5.23. The van der Waals surface area contributed by atoms with Crippen LogP contribution in [-0.2, 0) is 0 Å². The number of H-pyrrole nitrogens is 1. The Bertz CT molecular complexity index is 659. The summed E-state index contributed by atoms with van der Waals surface area (Å²) in [4.78, 5) is 5.40. The first-order chi connectivity index (χ1) is 10.6. The van der Waals surface area contributed by atoms with E-state index in [1.165, 1.54) is 0 Å². The largest absolute Gasteiger partial charge is 0.361 e. The van der Waals surface area contributed by atoms with Crippen molar-refractivity contribution in [3.05, 3.63) is 36.0 Å². The second-order valence-corrected chi connectivity index (χ2v) is 5.88. The zero-order valence-electron chi connectivity index (χ0n) is 13.3. The Morgan fingerprint density at radius 2 is 2.09 bits per heavy atom. The fourth-order valence-electron chi connectivity index (χ4n) is 2.20. The number of hydrogen-bond acceptors (Lipinski definition) is 3. The summed E-state index contributed by atoms with van der Waals surface area (Å²) >= 11 is 5.23. The highest BCUT2D eigenvalue weighted by Crippen LogP contribution is 2.18. The van der Waals surface area contributed by atoms with Gasteiger partial charge in [-0.15, -0.1) is 0 Å². The number of nitrogens with zero attached hydrogens (tertiary/aromatic N) is 2. The van der Waals surface area contributed by atoms with Gasteiger partial charge in [-0.05, 0) is 52.3 Å². The Kier molecular flexibility index (Phi) is 5.91. The van der Waals surface area contributed by atoms with E-state index in [9.17, 15) is 0 Å². The molecule has 22 heavy (non-hydrogen) atoms. The average molecular weight is 317 g/mol. The summed E-state index contributed by atoms with van der Waals surface area (Å²) in [6, 6.07) is 8.17. The number of hydrogen-bond donors (Lipinski definition) is 3. The van der Waals surface area contributed by atoms with Gasteiger partial charge in [-0.3, -0.25) is 5.43 Å². The maximum Gasteiger partial charge on any atom is 0.186 e. The van der Waals surface area contributed by atoms with E-state index in [-0.39, 0.29) is 0 Å². The number of aromatic amines is 1. The summed E-state index contributed by atoms with van der Waals surface area (Å²) in [5.74, 6) is 0. The van der Waals surface area contributed by atoms with Crippen molar-refractivity contribution < 1.29 is 0 Å². The molecule has 0 aliphatic rings. The Morgan fingerprint density at radius 3 is 2.86 bits per heavy atom. The topological polar surface area (TPSA) is 55.5 Å². The SMILES string of the molecule is C/C(=N\NC(=S)NCCCN(C)C)c1c[nH]c2ccccc12. The molecule has 1 aromatic carbocycles. The molecular formula is C16H23N5S. The summed E-state index contributed by atoms with van der Waals surface area (Å²) < 4.78 is 0. The molecule has 0 saturated carbocycles. The van der Waals surface area contributed by atoms with E-state index in [1.807, 2.05) is 25.3 Å². The Morgan fingerprint density at radius 1 is 1.32 bits per heavy atom. The van der Waals surface area contributed by atoms with Crippen molar-refractivity contribution in [1.82, 2.24) is 20.6 Å². The molecule has 0 atom stereocenters. The summed E-state index contributed by atoms with van der Waals surface area (Å²) in [7, 11) is 4.12. The van der Waals surface area contributed by atoms with Gasteiger partial charge in [0.25, 0.3) is 0 Å². The molecule has 3 N–H and O–H groups in total. The minimum Gasteiger partial charge on any atom is -0.361 e. The number of aromatic nitrogens is 1. The first-order valence-corrected chi connectivity index (χ1v) is 7.78. The van der Waals surface area contributed by atoms with Crippen molar-refractivity contribution >= 4 is 33.9 Å². The van der Waals surface area contributed by atoms with E-state index < -0.39 is 0 Å². The van der Waals surface area contributed by atoms with Crippen molar-refractivity contribution in [1.29, 1.82) is 0 Å². The van der Waals surface area contributed by atoms with Crippen LogP contribution in [0.2, 0.25) is 0 Å². The van der Waals surface area contributed by atoms with Crippen LogP contribution in [0.5, 0.6) is 0 Å². The number of nitrogens with one attached hydrogen (secondary N) is 3. The van der Waals surface area contributed by atoms with Gasteiger partial charge in [0.2, 0.25) is 0 Å². The van der Waals surface area contributed by atoms with Crippen LogP contribution in [0.15, 0.2) is 35.6 Å². The number of rotatable bonds is 6. The normalized spacial score (nSPS) is 11.9. The van der Waals surface area contributed by atoms with E-state index in [0.29, 0.717) is 5.11 Å². The minimum absolute atomic E-state index is 0.554. The summed E-state index contributed by atoms with van der Waals surface area (Å²) in [6.45, 7) is 3.84. The van der Waals surface area contributed by atoms with Crippen LogP contribution >= 0.6 is 12.2 Å². The molecule has 0 aliphatic heterocycles. The summed E-state index contributed by atoms with van der Waals surface area (Å²) in [5, 5.41) is 9.23. The summed E-state index contributed by atoms with van der Waals surface area (Å²) in [5.41, 5.74) is 5.99. The third kappa shape index (κ3) is 4.54. The van der Waals surface area contributed by atoms with Gasteiger partial charge in [0.1, 0.15) is 0 Å². The van der Waals surface area contributed by atoms with Crippen LogP contribution in [0.25, 0.3) is 10.9 Å². The molecule has 0 bridgehead atoms. The highest BCUT2D eigenvalue weighted by atomic mass is 32.1. The van der Waals surface area contributed by atoms with Crippen molar-refractivity contribution in [3.63, 3.8) is 0 Å². The van der Waals surface area contributed by atoms with Crippen molar-refractivity contribution in [2.24, 2.45) is 5.10 Å². The number of benzene rings is 1. The zero-order chi connectivity index (χ0) is 15.9. The van der Waals surface area contributed by atoms with Gasteiger partial charge in [-0.2, -0.15) is 5.10 Å². The highest BCUT2D eigenvalue weighted by molar-refractivity contribution is 7.80. The van der Waals surface area contributed by atoms with Crippen molar-refractivity contribution in [2.45, 2.75) is 13.3 Å². The molecule has 1 aromatic heterocycles. The predicted octanol–water partition coefficient (Wildman–Crippen LogP) is 2.31. The molecule has 0 unspecified atom stereocenters. The van der Waals surface area contributed by atoms with E-state index in [0.717, 1.165) is 41.7 Å².